The lowest BCUT2D eigenvalue weighted by molar-refractivity contribution is -0.134. The van der Waals surface area contributed by atoms with E-state index in [0.717, 1.165) is 44.6 Å². The van der Waals surface area contributed by atoms with E-state index in [1.807, 2.05) is 17.2 Å². The predicted molar refractivity (Wildman–Crippen MR) is 89.8 cm³/mol. The van der Waals surface area contributed by atoms with Gasteiger partial charge < -0.3 is 4.90 Å². The lowest BCUT2D eigenvalue weighted by Crippen LogP contribution is -2.48. The number of rotatable bonds is 2. The van der Waals surface area contributed by atoms with Crippen LogP contribution in [0, 0.1) is 0 Å². The van der Waals surface area contributed by atoms with Gasteiger partial charge in [0.05, 0.1) is 0 Å². The van der Waals surface area contributed by atoms with Gasteiger partial charge in [-0.05, 0) is 30.7 Å². The van der Waals surface area contributed by atoms with E-state index >= 15 is 0 Å². The van der Waals surface area contributed by atoms with E-state index < -0.39 is 0 Å². The molecule has 1 aromatic heterocycles. The molecule has 2 fully saturated rings. The molecule has 4 rings (SSSR count). The molecule has 0 spiro atoms. The normalized spacial score (nSPS) is 22.6. The van der Waals surface area contributed by atoms with Crippen LogP contribution in [0.4, 0.5) is 0 Å². The van der Waals surface area contributed by atoms with Gasteiger partial charge in [-0.15, -0.1) is 0 Å². The summed E-state index contributed by atoms with van der Waals surface area (Å²) >= 11 is 0. The van der Waals surface area contributed by atoms with Crippen molar-refractivity contribution in [3.63, 3.8) is 0 Å². The fraction of sp³-hybridized carbons (Fsp3) is 0.444. The van der Waals surface area contributed by atoms with Gasteiger partial charge in [0, 0.05) is 42.8 Å². The largest absolute Gasteiger partial charge is 0.341 e. The second-order valence-corrected chi connectivity index (χ2v) is 6.47. The highest BCUT2D eigenvalue weighted by Crippen LogP contribution is 2.29. The number of pyridine rings is 1. The number of benzene rings is 1. The predicted octanol–water partition coefficient (Wildman–Crippen LogP) is 1.81. The molecular weight excluding hydrogens is 288 g/mol. The summed E-state index contributed by atoms with van der Waals surface area (Å²) in [6, 6.07) is 10.5. The Morgan fingerprint density at radius 1 is 1.13 bits per heavy atom. The summed E-state index contributed by atoms with van der Waals surface area (Å²) < 4.78 is 0. The number of piperidine rings is 1. The van der Waals surface area contributed by atoms with Crippen LogP contribution in [0.5, 0.6) is 0 Å². The SMILES string of the molecule is O=C(C1CCNN1)N1CCC(c2cc3ccccc3cn2)CC1. The summed E-state index contributed by atoms with van der Waals surface area (Å²) in [6.45, 7) is 2.53. The van der Waals surface area contributed by atoms with Gasteiger partial charge in [0.1, 0.15) is 6.04 Å². The average molecular weight is 310 g/mol. The zero-order valence-electron chi connectivity index (χ0n) is 13.2. The van der Waals surface area contributed by atoms with E-state index in [9.17, 15) is 4.79 Å². The molecule has 5 heteroatoms. The third-order valence-corrected chi connectivity index (χ3v) is 5.01. The lowest BCUT2D eigenvalue weighted by atomic mass is 9.92. The highest BCUT2D eigenvalue weighted by molar-refractivity contribution is 5.82. The molecule has 0 aliphatic carbocycles. The van der Waals surface area contributed by atoms with Crippen molar-refractivity contribution < 1.29 is 4.79 Å². The molecule has 5 nitrogen and oxygen atoms in total. The van der Waals surface area contributed by atoms with Crippen molar-refractivity contribution in [2.45, 2.75) is 31.2 Å². The smallest absolute Gasteiger partial charge is 0.241 e. The molecule has 0 saturated carbocycles. The Hall–Kier alpha value is -1.98. The molecule has 2 saturated heterocycles. The van der Waals surface area contributed by atoms with Crippen LogP contribution >= 0.6 is 0 Å². The Balaban J connectivity index is 1.43. The molecular formula is C18H22N4O. The Labute approximate surface area is 136 Å². The number of hydrazine groups is 1. The summed E-state index contributed by atoms with van der Waals surface area (Å²) in [4.78, 5) is 19.1. The highest BCUT2D eigenvalue weighted by atomic mass is 16.2. The first-order valence-corrected chi connectivity index (χ1v) is 8.43. The molecule has 1 amide bonds. The van der Waals surface area contributed by atoms with Crippen molar-refractivity contribution in [3.8, 4) is 0 Å². The Morgan fingerprint density at radius 2 is 1.91 bits per heavy atom. The molecule has 0 bridgehead atoms. The molecule has 3 heterocycles. The van der Waals surface area contributed by atoms with Gasteiger partial charge in [0.15, 0.2) is 0 Å². The minimum atomic E-state index is -0.0506. The molecule has 1 atom stereocenters. The van der Waals surface area contributed by atoms with Crippen molar-refractivity contribution in [2.24, 2.45) is 0 Å². The quantitative estimate of drug-likeness (QED) is 0.888. The van der Waals surface area contributed by atoms with Gasteiger partial charge in [-0.2, -0.15) is 0 Å². The summed E-state index contributed by atoms with van der Waals surface area (Å²) in [5.41, 5.74) is 7.26. The molecule has 2 aliphatic rings. The van der Waals surface area contributed by atoms with Crippen LogP contribution in [0.1, 0.15) is 30.9 Å². The van der Waals surface area contributed by atoms with E-state index in [1.54, 1.807) is 0 Å². The zero-order valence-corrected chi connectivity index (χ0v) is 13.2. The lowest BCUT2D eigenvalue weighted by Gasteiger charge is -2.33. The average Bonchev–Trinajstić information content (AvgIpc) is 3.15. The fourth-order valence-corrected chi connectivity index (χ4v) is 3.61. The third kappa shape index (κ3) is 2.94. The zero-order chi connectivity index (χ0) is 15.6. The fourth-order valence-electron chi connectivity index (χ4n) is 3.61. The topological polar surface area (TPSA) is 57.3 Å². The number of hydrogen-bond donors (Lipinski definition) is 2. The molecule has 2 aromatic rings. The van der Waals surface area contributed by atoms with Crippen molar-refractivity contribution >= 4 is 16.7 Å². The maximum atomic E-state index is 12.4. The van der Waals surface area contributed by atoms with Crippen LogP contribution in [-0.2, 0) is 4.79 Å². The van der Waals surface area contributed by atoms with Crippen LogP contribution in [0.15, 0.2) is 36.5 Å². The number of nitrogens with zero attached hydrogens (tertiary/aromatic N) is 2. The van der Waals surface area contributed by atoms with Crippen molar-refractivity contribution in [2.75, 3.05) is 19.6 Å². The molecule has 120 valence electrons. The number of hydrogen-bond acceptors (Lipinski definition) is 4. The van der Waals surface area contributed by atoms with Gasteiger partial charge >= 0.3 is 0 Å². The minimum absolute atomic E-state index is 0.0506. The monoisotopic (exact) mass is 310 g/mol. The number of nitrogens with one attached hydrogen (secondary N) is 2. The van der Waals surface area contributed by atoms with E-state index in [1.165, 1.54) is 10.8 Å². The van der Waals surface area contributed by atoms with Crippen LogP contribution in [0.25, 0.3) is 10.8 Å². The molecule has 2 aliphatic heterocycles. The summed E-state index contributed by atoms with van der Waals surface area (Å²) in [7, 11) is 0. The number of amides is 1. The number of fused-ring (bicyclic) bond motifs is 1. The molecule has 23 heavy (non-hydrogen) atoms. The summed E-state index contributed by atoms with van der Waals surface area (Å²) in [5.74, 6) is 0.693. The maximum absolute atomic E-state index is 12.4. The number of carbonyl (C=O) groups is 1. The van der Waals surface area contributed by atoms with Crippen LogP contribution in [0.3, 0.4) is 0 Å². The first-order chi connectivity index (χ1) is 11.3. The van der Waals surface area contributed by atoms with Gasteiger partial charge in [-0.25, -0.2) is 5.43 Å². The van der Waals surface area contributed by atoms with E-state index in [2.05, 4.69) is 40.1 Å². The van der Waals surface area contributed by atoms with Crippen molar-refractivity contribution in [3.05, 3.63) is 42.2 Å². The highest BCUT2D eigenvalue weighted by Gasteiger charge is 2.30. The summed E-state index contributed by atoms with van der Waals surface area (Å²) in [5, 5.41) is 2.43. The van der Waals surface area contributed by atoms with Crippen LogP contribution in [-0.4, -0.2) is 41.5 Å². The molecule has 1 unspecified atom stereocenters. The van der Waals surface area contributed by atoms with Crippen LogP contribution < -0.4 is 10.9 Å². The molecule has 1 aromatic carbocycles. The van der Waals surface area contributed by atoms with Gasteiger partial charge in [0.25, 0.3) is 0 Å². The first-order valence-electron chi connectivity index (χ1n) is 8.43. The summed E-state index contributed by atoms with van der Waals surface area (Å²) in [6.07, 6.45) is 4.84. The van der Waals surface area contributed by atoms with Gasteiger partial charge in [-0.1, -0.05) is 24.3 Å². The van der Waals surface area contributed by atoms with Crippen molar-refractivity contribution in [1.29, 1.82) is 0 Å². The molecule has 2 N–H and O–H groups in total. The van der Waals surface area contributed by atoms with Crippen molar-refractivity contribution in [1.82, 2.24) is 20.7 Å². The molecule has 0 radical (unpaired) electrons. The van der Waals surface area contributed by atoms with Crippen LogP contribution in [0.2, 0.25) is 0 Å². The number of carbonyl (C=O) groups excluding carboxylic acids is 1. The standard InChI is InChI=1S/C18H22N4O/c23-18(16-5-8-20-21-16)22-9-6-13(7-10-22)17-11-14-3-1-2-4-15(14)12-19-17/h1-4,11-13,16,20-21H,5-10H2. The van der Waals surface area contributed by atoms with Gasteiger partial charge in [-0.3, -0.25) is 15.2 Å². The van der Waals surface area contributed by atoms with Gasteiger partial charge in [0.2, 0.25) is 5.91 Å². The number of likely N-dealkylation sites (tertiary alicyclic amines) is 1. The van der Waals surface area contributed by atoms with E-state index in [4.69, 9.17) is 0 Å². The van der Waals surface area contributed by atoms with E-state index in [-0.39, 0.29) is 11.9 Å². The second-order valence-electron chi connectivity index (χ2n) is 6.47. The third-order valence-electron chi connectivity index (χ3n) is 5.01. The Morgan fingerprint density at radius 3 is 2.65 bits per heavy atom. The Bertz CT molecular complexity index is 703. The maximum Gasteiger partial charge on any atom is 0.241 e. The second kappa shape index (κ2) is 6.26. The minimum Gasteiger partial charge on any atom is -0.341 e. The van der Waals surface area contributed by atoms with E-state index in [0.29, 0.717) is 5.92 Å². The Kier molecular flexibility index (Phi) is 3.97. The first kappa shape index (κ1) is 14.6. The number of aromatic nitrogens is 1.